The highest BCUT2D eigenvalue weighted by molar-refractivity contribution is 5.79. The zero-order valence-electron chi connectivity index (χ0n) is 19.8. The van der Waals surface area contributed by atoms with Crippen molar-refractivity contribution in [1.82, 2.24) is 24.8 Å². The van der Waals surface area contributed by atoms with E-state index in [0.717, 1.165) is 73.7 Å². The van der Waals surface area contributed by atoms with E-state index in [1.54, 1.807) is 6.92 Å². The van der Waals surface area contributed by atoms with Gasteiger partial charge in [0.25, 0.3) is 0 Å². The van der Waals surface area contributed by atoms with Crippen molar-refractivity contribution in [2.24, 2.45) is 0 Å². The molecule has 1 atom stereocenters. The topological polar surface area (TPSA) is 65.5 Å². The molecule has 0 unspecified atom stereocenters. The average Bonchev–Trinajstić information content (AvgIpc) is 2.82. The van der Waals surface area contributed by atoms with E-state index in [9.17, 15) is 4.79 Å². The molecule has 0 spiro atoms. The van der Waals surface area contributed by atoms with Gasteiger partial charge in [-0.3, -0.25) is 9.78 Å². The Morgan fingerprint density at radius 3 is 2.91 bits per heavy atom. The third kappa shape index (κ3) is 4.55. The van der Waals surface area contributed by atoms with Crippen molar-refractivity contribution in [3.8, 4) is 0 Å². The first-order valence-corrected chi connectivity index (χ1v) is 11.9. The lowest BCUT2D eigenvalue weighted by atomic mass is 9.96. The van der Waals surface area contributed by atoms with Gasteiger partial charge in [0.05, 0.1) is 17.8 Å². The normalized spacial score (nSPS) is 18.9. The molecule has 0 radical (unpaired) electrons. The summed E-state index contributed by atoms with van der Waals surface area (Å²) in [4.78, 5) is 33.2. The number of likely N-dealkylation sites (tertiary alicyclic amines) is 1. The average molecular weight is 445 g/mol. The second kappa shape index (κ2) is 9.06. The quantitative estimate of drug-likeness (QED) is 0.615. The number of piperidine rings is 1. The molecule has 5 rings (SSSR count). The van der Waals surface area contributed by atoms with Gasteiger partial charge >= 0.3 is 0 Å². The molecule has 1 amide bonds. The molecule has 7 heteroatoms. The molecule has 0 saturated carbocycles. The highest BCUT2D eigenvalue weighted by Gasteiger charge is 2.28. The van der Waals surface area contributed by atoms with Crippen LogP contribution in [0.1, 0.15) is 48.3 Å². The number of carbonyl (C=O) groups excluding carboxylic acids is 1. The molecule has 2 aliphatic rings. The summed E-state index contributed by atoms with van der Waals surface area (Å²) in [5.74, 6) is 2.38. The monoisotopic (exact) mass is 444 g/mol. The van der Waals surface area contributed by atoms with E-state index in [-0.39, 0.29) is 5.91 Å². The largest absolute Gasteiger partial charge is 0.355 e. The Labute approximate surface area is 195 Å². The number of hydrogen-bond acceptors (Lipinski definition) is 6. The Kier molecular flexibility index (Phi) is 5.98. The number of benzene rings is 1. The molecule has 0 aliphatic carbocycles. The van der Waals surface area contributed by atoms with E-state index in [4.69, 9.17) is 9.97 Å². The van der Waals surface area contributed by atoms with Crippen molar-refractivity contribution in [3.05, 3.63) is 59.2 Å². The van der Waals surface area contributed by atoms with E-state index in [1.165, 1.54) is 11.1 Å². The summed E-state index contributed by atoms with van der Waals surface area (Å²) in [6.45, 7) is 5.81. The lowest BCUT2D eigenvalue weighted by Gasteiger charge is -2.33. The Bertz CT molecular complexity index is 1180. The van der Waals surface area contributed by atoms with Gasteiger partial charge in [-0.2, -0.15) is 0 Å². The van der Waals surface area contributed by atoms with Gasteiger partial charge in [0.2, 0.25) is 5.91 Å². The summed E-state index contributed by atoms with van der Waals surface area (Å²) in [6.07, 6.45) is 4.90. The van der Waals surface area contributed by atoms with E-state index in [2.05, 4.69) is 53.1 Å². The summed E-state index contributed by atoms with van der Waals surface area (Å²) in [5.41, 5.74) is 4.44. The second-order valence-corrected chi connectivity index (χ2v) is 9.51. The maximum absolute atomic E-state index is 12.1. The fourth-order valence-electron chi connectivity index (χ4n) is 5.15. The van der Waals surface area contributed by atoms with Crippen LogP contribution in [0.15, 0.2) is 36.5 Å². The minimum absolute atomic E-state index is 0.109. The van der Waals surface area contributed by atoms with Crippen LogP contribution in [0.5, 0.6) is 0 Å². The van der Waals surface area contributed by atoms with Gasteiger partial charge in [-0.05, 0) is 56.6 Å². The standard InChI is InChI=1S/C26H32N6O/c1-18(33)32-13-10-22-24(17-32)28-25(21-7-5-12-30(2)16-21)29-26(22)31(3)15-19-8-9-23-20(14-19)6-4-11-27-23/h4,6,8-9,11,14,21H,5,7,10,12-13,15-17H2,1-3H3/t21-/m1/s1. The molecule has 33 heavy (non-hydrogen) atoms. The van der Waals surface area contributed by atoms with Gasteiger partial charge in [-0.25, -0.2) is 9.97 Å². The predicted molar refractivity (Wildman–Crippen MR) is 130 cm³/mol. The van der Waals surface area contributed by atoms with Crippen LogP contribution in [0, 0.1) is 0 Å². The zero-order chi connectivity index (χ0) is 22.9. The molecule has 4 heterocycles. The smallest absolute Gasteiger partial charge is 0.219 e. The van der Waals surface area contributed by atoms with Crippen LogP contribution in [0.25, 0.3) is 10.9 Å². The Balaban J connectivity index is 1.49. The van der Waals surface area contributed by atoms with E-state index in [0.29, 0.717) is 12.5 Å². The van der Waals surface area contributed by atoms with Gasteiger partial charge in [-0.15, -0.1) is 0 Å². The predicted octanol–water partition coefficient (Wildman–Crippen LogP) is 3.38. The fraction of sp³-hybridized carbons (Fsp3) is 0.462. The van der Waals surface area contributed by atoms with Gasteiger partial charge in [0.15, 0.2) is 0 Å². The van der Waals surface area contributed by atoms with Crippen molar-refractivity contribution in [3.63, 3.8) is 0 Å². The summed E-state index contributed by atoms with van der Waals surface area (Å²) >= 11 is 0. The number of amides is 1. The summed E-state index contributed by atoms with van der Waals surface area (Å²) in [7, 11) is 4.29. The molecule has 7 nitrogen and oxygen atoms in total. The highest BCUT2D eigenvalue weighted by Crippen LogP contribution is 2.31. The first kappa shape index (κ1) is 21.8. The number of hydrogen-bond donors (Lipinski definition) is 0. The van der Waals surface area contributed by atoms with Crippen LogP contribution >= 0.6 is 0 Å². The van der Waals surface area contributed by atoms with Crippen molar-refractivity contribution < 1.29 is 4.79 Å². The third-order valence-electron chi connectivity index (χ3n) is 6.94. The number of aromatic nitrogens is 3. The number of carbonyl (C=O) groups is 1. The molecular weight excluding hydrogens is 412 g/mol. The maximum atomic E-state index is 12.1. The SMILES string of the molecule is CC(=O)N1CCc2c(nc([C@@H]3CCCN(C)C3)nc2N(C)Cc2ccc3ncccc3c2)C1. The number of pyridine rings is 1. The van der Waals surface area contributed by atoms with Gasteiger partial charge in [0, 0.05) is 56.7 Å². The highest BCUT2D eigenvalue weighted by atomic mass is 16.2. The Hall–Kier alpha value is -3.06. The molecule has 0 bridgehead atoms. The van der Waals surface area contributed by atoms with Gasteiger partial charge < -0.3 is 14.7 Å². The van der Waals surface area contributed by atoms with Gasteiger partial charge in [0.1, 0.15) is 11.6 Å². The lowest BCUT2D eigenvalue weighted by Crippen LogP contribution is -2.37. The number of anilines is 1. The van der Waals surface area contributed by atoms with Crippen LogP contribution in [0.2, 0.25) is 0 Å². The molecule has 0 N–H and O–H groups in total. The first-order valence-electron chi connectivity index (χ1n) is 11.9. The van der Waals surface area contributed by atoms with Crippen LogP contribution in [0.3, 0.4) is 0 Å². The fourth-order valence-corrected chi connectivity index (χ4v) is 5.15. The van der Waals surface area contributed by atoms with Crippen LogP contribution in [-0.2, 0) is 24.3 Å². The third-order valence-corrected chi connectivity index (χ3v) is 6.94. The minimum atomic E-state index is 0.109. The van der Waals surface area contributed by atoms with Crippen LogP contribution < -0.4 is 4.90 Å². The number of rotatable bonds is 4. The van der Waals surface area contributed by atoms with Crippen molar-refractivity contribution >= 4 is 22.6 Å². The molecule has 2 aliphatic heterocycles. The molecule has 1 saturated heterocycles. The molecule has 172 valence electrons. The van der Waals surface area contributed by atoms with E-state index < -0.39 is 0 Å². The van der Waals surface area contributed by atoms with Crippen molar-refractivity contribution in [1.29, 1.82) is 0 Å². The summed E-state index contributed by atoms with van der Waals surface area (Å²) < 4.78 is 0. The molecule has 1 aromatic carbocycles. The Morgan fingerprint density at radius 1 is 1.21 bits per heavy atom. The second-order valence-electron chi connectivity index (χ2n) is 9.51. The van der Waals surface area contributed by atoms with Crippen molar-refractivity contribution in [2.45, 2.75) is 45.2 Å². The minimum Gasteiger partial charge on any atom is -0.355 e. The van der Waals surface area contributed by atoms with E-state index >= 15 is 0 Å². The molecule has 2 aromatic heterocycles. The van der Waals surface area contributed by atoms with Gasteiger partial charge in [-0.1, -0.05) is 12.1 Å². The molecular formula is C26H32N6O. The molecule has 3 aromatic rings. The summed E-state index contributed by atoms with van der Waals surface area (Å²) in [6, 6.07) is 10.5. The van der Waals surface area contributed by atoms with Crippen LogP contribution in [-0.4, -0.2) is 64.4 Å². The zero-order valence-corrected chi connectivity index (χ0v) is 19.8. The number of likely N-dealkylation sites (N-methyl/N-ethyl adjacent to an activating group) is 1. The van der Waals surface area contributed by atoms with E-state index in [1.807, 2.05) is 17.2 Å². The first-order chi connectivity index (χ1) is 16.0. The van der Waals surface area contributed by atoms with Crippen LogP contribution in [0.4, 0.5) is 5.82 Å². The van der Waals surface area contributed by atoms with Crippen molar-refractivity contribution in [2.75, 3.05) is 38.6 Å². The lowest BCUT2D eigenvalue weighted by molar-refractivity contribution is -0.129. The summed E-state index contributed by atoms with van der Waals surface area (Å²) in [5, 5.41) is 1.15. The Morgan fingerprint density at radius 2 is 2.09 bits per heavy atom. The number of nitrogens with zero attached hydrogens (tertiary/aromatic N) is 6. The molecule has 1 fully saturated rings. The number of fused-ring (bicyclic) bond motifs is 2. The maximum Gasteiger partial charge on any atom is 0.219 e.